The molecule has 1 heterocycles. The minimum atomic E-state index is -0.463. The van der Waals surface area contributed by atoms with E-state index in [4.69, 9.17) is 0 Å². The summed E-state index contributed by atoms with van der Waals surface area (Å²) in [6.07, 6.45) is 0. The van der Waals surface area contributed by atoms with E-state index in [0.717, 1.165) is 11.1 Å². The van der Waals surface area contributed by atoms with Gasteiger partial charge in [-0.25, -0.2) is 0 Å². The number of hydrogen-bond acceptors (Lipinski definition) is 4. The van der Waals surface area contributed by atoms with Crippen molar-refractivity contribution in [1.29, 1.82) is 0 Å². The van der Waals surface area contributed by atoms with E-state index in [2.05, 4.69) is 5.10 Å². The topological polar surface area (TPSA) is 81.3 Å². The minimum Gasteiger partial charge on any atom is -0.340 e. The molecule has 0 aliphatic heterocycles. The molecule has 0 spiro atoms. The lowest BCUT2D eigenvalue weighted by atomic mass is 10.1. The molecule has 122 valence electrons. The number of benzene rings is 1. The van der Waals surface area contributed by atoms with Crippen LogP contribution in [0.1, 0.15) is 22.5 Å². The predicted molar refractivity (Wildman–Crippen MR) is 86.0 cm³/mol. The molecule has 0 saturated carbocycles. The van der Waals surface area contributed by atoms with Crippen LogP contribution in [0.15, 0.2) is 24.3 Å². The average molecular weight is 316 g/mol. The maximum atomic E-state index is 12.4. The fourth-order valence-electron chi connectivity index (χ4n) is 2.49. The lowest BCUT2D eigenvalue weighted by Gasteiger charge is -2.18. The second-order valence-corrected chi connectivity index (χ2v) is 5.61. The van der Waals surface area contributed by atoms with Gasteiger partial charge in [-0.3, -0.25) is 19.6 Å². The van der Waals surface area contributed by atoms with Gasteiger partial charge in [-0.2, -0.15) is 5.10 Å². The molecule has 0 aliphatic carbocycles. The fourth-order valence-corrected chi connectivity index (χ4v) is 2.49. The molecule has 0 N–H and O–H groups in total. The van der Waals surface area contributed by atoms with Crippen LogP contribution >= 0.6 is 0 Å². The zero-order valence-corrected chi connectivity index (χ0v) is 13.7. The molecule has 1 aromatic heterocycles. The van der Waals surface area contributed by atoms with Crippen LogP contribution in [0.5, 0.6) is 0 Å². The number of nitrogens with zero attached hydrogens (tertiary/aromatic N) is 4. The molecular weight excluding hydrogens is 296 g/mol. The highest BCUT2D eigenvalue weighted by Crippen LogP contribution is 2.21. The van der Waals surface area contributed by atoms with E-state index in [-0.39, 0.29) is 18.1 Å². The van der Waals surface area contributed by atoms with Crippen molar-refractivity contribution in [2.24, 2.45) is 0 Å². The van der Waals surface area contributed by atoms with Gasteiger partial charge in [0.05, 0.1) is 4.92 Å². The summed E-state index contributed by atoms with van der Waals surface area (Å²) < 4.78 is 1.39. The lowest BCUT2D eigenvalue weighted by Crippen LogP contribution is -2.30. The summed E-state index contributed by atoms with van der Waals surface area (Å²) in [6.45, 7) is 5.66. The summed E-state index contributed by atoms with van der Waals surface area (Å²) in [7, 11) is 1.72. The van der Waals surface area contributed by atoms with Crippen LogP contribution in [0.3, 0.4) is 0 Å². The van der Waals surface area contributed by atoms with Gasteiger partial charge in [0.1, 0.15) is 17.9 Å². The first kappa shape index (κ1) is 16.7. The van der Waals surface area contributed by atoms with E-state index in [1.165, 1.54) is 4.68 Å². The largest absolute Gasteiger partial charge is 0.340 e. The normalized spacial score (nSPS) is 10.6. The van der Waals surface area contributed by atoms with Crippen LogP contribution in [-0.4, -0.2) is 32.6 Å². The van der Waals surface area contributed by atoms with Gasteiger partial charge < -0.3 is 4.90 Å². The van der Waals surface area contributed by atoms with E-state index >= 15 is 0 Å². The Morgan fingerprint density at radius 3 is 2.52 bits per heavy atom. The number of rotatable bonds is 5. The van der Waals surface area contributed by atoms with Crippen molar-refractivity contribution in [3.8, 4) is 0 Å². The zero-order chi connectivity index (χ0) is 17.1. The number of likely N-dealkylation sites (N-methyl/N-ethyl adjacent to an activating group) is 1. The van der Waals surface area contributed by atoms with Crippen LogP contribution in [0.25, 0.3) is 0 Å². The number of hydrogen-bond donors (Lipinski definition) is 0. The van der Waals surface area contributed by atoms with Gasteiger partial charge in [0.25, 0.3) is 0 Å². The molecule has 0 atom stereocenters. The maximum Gasteiger partial charge on any atom is 0.312 e. The van der Waals surface area contributed by atoms with Crippen LogP contribution in [0.2, 0.25) is 0 Å². The summed E-state index contributed by atoms with van der Waals surface area (Å²) >= 11 is 0. The van der Waals surface area contributed by atoms with Gasteiger partial charge in [-0.1, -0.05) is 24.3 Å². The number of carbonyl (C=O) groups is 1. The SMILES string of the molecule is Cc1ccccc1CN(C)C(=O)Cn1nc(C)c([N+](=O)[O-])c1C. The van der Waals surface area contributed by atoms with Crippen LogP contribution in [0, 0.1) is 30.9 Å². The van der Waals surface area contributed by atoms with Crippen molar-refractivity contribution in [3.05, 3.63) is 56.9 Å². The van der Waals surface area contributed by atoms with Crippen molar-refractivity contribution in [3.63, 3.8) is 0 Å². The summed E-state index contributed by atoms with van der Waals surface area (Å²) in [6, 6.07) is 7.87. The van der Waals surface area contributed by atoms with Crippen molar-refractivity contribution in [2.45, 2.75) is 33.9 Å². The van der Waals surface area contributed by atoms with Gasteiger partial charge in [-0.05, 0) is 31.9 Å². The number of aromatic nitrogens is 2. The molecule has 7 heteroatoms. The molecule has 0 bridgehead atoms. The van der Waals surface area contributed by atoms with Gasteiger partial charge in [0.2, 0.25) is 5.91 Å². The lowest BCUT2D eigenvalue weighted by molar-refractivity contribution is -0.386. The highest BCUT2D eigenvalue weighted by Gasteiger charge is 2.23. The summed E-state index contributed by atoms with van der Waals surface area (Å²) in [5.41, 5.74) is 2.88. The molecular formula is C16H20N4O3. The Balaban J connectivity index is 2.12. The second-order valence-electron chi connectivity index (χ2n) is 5.61. The molecule has 2 rings (SSSR count). The first-order chi connectivity index (χ1) is 10.8. The van der Waals surface area contributed by atoms with Crippen molar-refractivity contribution >= 4 is 11.6 Å². The van der Waals surface area contributed by atoms with Crippen LogP contribution < -0.4 is 0 Å². The molecule has 23 heavy (non-hydrogen) atoms. The van der Waals surface area contributed by atoms with Crippen molar-refractivity contribution in [1.82, 2.24) is 14.7 Å². The quantitative estimate of drug-likeness (QED) is 0.626. The van der Waals surface area contributed by atoms with Gasteiger partial charge >= 0.3 is 5.69 Å². The first-order valence-corrected chi connectivity index (χ1v) is 7.28. The zero-order valence-electron chi connectivity index (χ0n) is 13.7. The van der Waals surface area contributed by atoms with E-state index in [0.29, 0.717) is 17.9 Å². The number of aryl methyl sites for hydroxylation is 2. The minimum absolute atomic E-state index is 0.0110. The van der Waals surface area contributed by atoms with E-state index in [1.54, 1.807) is 25.8 Å². The molecule has 0 unspecified atom stereocenters. The standard InChI is InChI=1S/C16H20N4O3/c1-11-7-5-6-8-14(11)9-18(4)15(21)10-19-13(3)16(20(22)23)12(2)17-19/h5-8H,9-10H2,1-4H3. The maximum absolute atomic E-state index is 12.4. The molecule has 1 amide bonds. The Morgan fingerprint density at radius 1 is 1.30 bits per heavy atom. The van der Waals surface area contributed by atoms with E-state index in [9.17, 15) is 14.9 Å². The van der Waals surface area contributed by atoms with Crippen molar-refractivity contribution in [2.75, 3.05) is 7.05 Å². The molecule has 0 radical (unpaired) electrons. The summed E-state index contributed by atoms with van der Waals surface area (Å²) in [4.78, 5) is 24.5. The molecule has 7 nitrogen and oxygen atoms in total. The molecule has 1 aromatic carbocycles. The smallest absolute Gasteiger partial charge is 0.312 e. The number of nitro groups is 1. The predicted octanol–water partition coefficient (Wildman–Crippen LogP) is 2.38. The third kappa shape index (κ3) is 3.56. The van der Waals surface area contributed by atoms with Crippen LogP contribution in [-0.2, 0) is 17.9 Å². The summed E-state index contributed by atoms with van der Waals surface area (Å²) in [5, 5.41) is 15.1. The second kappa shape index (κ2) is 6.60. The number of amides is 1. The highest BCUT2D eigenvalue weighted by molar-refractivity contribution is 5.75. The van der Waals surface area contributed by atoms with Gasteiger partial charge in [0.15, 0.2) is 0 Å². The van der Waals surface area contributed by atoms with Crippen LogP contribution in [0.4, 0.5) is 5.69 Å². The third-order valence-electron chi connectivity index (χ3n) is 3.91. The van der Waals surface area contributed by atoms with Gasteiger partial charge in [0, 0.05) is 13.6 Å². The Morgan fingerprint density at radius 2 is 1.96 bits per heavy atom. The third-order valence-corrected chi connectivity index (χ3v) is 3.91. The number of carbonyl (C=O) groups excluding carboxylic acids is 1. The molecule has 2 aromatic rings. The average Bonchev–Trinajstić information content (AvgIpc) is 2.75. The Labute approximate surface area is 134 Å². The monoisotopic (exact) mass is 316 g/mol. The Bertz CT molecular complexity index is 752. The molecule has 0 fully saturated rings. The van der Waals surface area contributed by atoms with E-state index in [1.807, 2.05) is 31.2 Å². The van der Waals surface area contributed by atoms with Crippen molar-refractivity contribution < 1.29 is 9.72 Å². The van der Waals surface area contributed by atoms with Gasteiger partial charge in [-0.15, -0.1) is 0 Å². The Kier molecular flexibility index (Phi) is 4.78. The first-order valence-electron chi connectivity index (χ1n) is 7.28. The fraction of sp³-hybridized carbons (Fsp3) is 0.375. The highest BCUT2D eigenvalue weighted by atomic mass is 16.6. The molecule has 0 saturated heterocycles. The Hall–Kier alpha value is -2.70. The van der Waals surface area contributed by atoms with E-state index < -0.39 is 4.92 Å². The molecule has 0 aliphatic rings. The summed E-state index contributed by atoms with van der Waals surface area (Å²) in [5.74, 6) is -0.145.